The zero-order chi connectivity index (χ0) is 26.7. The number of anilines is 1. The molecule has 0 aromatic heterocycles. The van der Waals surface area contributed by atoms with Gasteiger partial charge in [0.25, 0.3) is 0 Å². The number of amides is 2. The molecule has 0 aliphatic carbocycles. The molecule has 2 amide bonds. The predicted octanol–water partition coefficient (Wildman–Crippen LogP) is 2.66. The third-order valence-corrected chi connectivity index (χ3v) is 8.21. The molecule has 37 heavy (non-hydrogen) atoms. The number of benzene rings is 2. The van der Waals surface area contributed by atoms with Crippen molar-refractivity contribution < 1.29 is 18.5 Å². The Hall–Kier alpha value is -2.66. The predicted molar refractivity (Wildman–Crippen MR) is 144 cm³/mol. The molecule has 0 radical (unpaired) electrons. The summed E-state index contributed by atoms with van der Waals surface area (Å²) in [6, 6.07) is 9.26. The lowest BCUT2D eigenvalue weighted by molar-refractivity contribution is -0.131. The Labute approximate surface area is 225 Å². The molecule has 200 valence electrons. The molecular weight excluding hydrogens is 514 g/mol. The van der Waals surface area contributed by atoms with Gasteiger partial charge in [0, 0.05) is 47.9 Å². The highest BCUT2D eigenvalue weighted by molar-refractivity contribution is 7.82. The normalized spacial score (nSPS) is 20.9. The topological polar surface area (TPSA) is 126 Å². The van der Waals surface area contributed by atoms with Crippen molar-refractivity contribution in [1.29, 1.82) is 0 Å². The van der Waals surface area contributed by atoms with E-state index in [9.17, 15) is 13.8 Å². The molecule has 2 aromatic carbocycles. The molecule has 0 bridgehead atoms. The Kier molecular flexibility index (Phi) is 8.42. The van der Waals surface area contributed by atoms with Crippen LogP contribution in [0.15, 0.2) is 41.3 Å². The maximum Gasteiger partial charge on any atom is 0.238 e. The first kappa shape index (κ1) is 27.4. The van der Waals surface area contributed by atoms with E-state index in [2.05, 4.69) is 36.7 Å². The van der Waals surface area contributed by atoms with Gasteiger partial charge in [-0.15, -0.1) is 0 Å². The standard InChI is InChI=1S/C26H34ClN5O4S/c1-26(2,3)30-15-16-12-23-19(13-20(16)27)21(8-11-36-23)31-24(33)14-22-25(34)29-9-10-32(22)37(35)18-6-4-17(28)5-7-18/h4-7,12-13,21-22,30H,8-11,14-15,28H2,1-3H3,(H,29,34)(H,31,33)/t21-,22?,37?/m1/s1. The van der Waals surface area contributed by atoms with Crippen LogP contribution in [0.1, 0.15) is 50.8 Å². The molecule has 2 aromatic rings. The van der Waals surface area contributed by atoms with Crippen LogP contribution >= 0.6 is 11.6 Å². The summed E-state index contributed by atoms with van der Waals surface area (Å²) in [5.74, 6) is 0.0542. The summed E-state index contributed by atoms with van der Waals surface area (Å²) in [5, 5.41) is 9.83. The van der Waals surface area contributed by atoms with Gasteiger partial charge in [-0.3, -0.25) is 9.59 Å². The van der Waals surface area contributed by atoms with Crippen molar-refractivity contribution >= 4 is 40.1 Å². The molecule has 2 heterocycles. The first-order valence-electron chi connectivity index (χ1n) is 12.3. The van der Waals surface area contributed by atoms with Crippen LogP contribution in [0.5, 0.6) is 5.75 Å². The van der Waals surface area contributed by atoms with Crippen LogP contribution in [-0.2, 0) is 27.1 Å². The van der Waals surface area contributed by atoms with E-state index >= 15 is 0 Å². The van der Waals surface area contributed by atoms with Gasteiger partial charge in [-0.25, -0.2) is 8.51 Å². The smallest absolute Gasteiger partial charge is 0.238 e. The van der Waals surface area contributed by atoms with Crippen molar-refractivity contribution in [3.8, 4) is 5.75 Å². The van der Waals surface area contributed by atoms with E-state index in [-0.39, 0.29) is 29.8 Å². The van der Waals surface area contributed by atoms with E-state index in [0.717, 1.165) is 11.1 Å². The van der Waals surface area contributed by atoms with Crippen LogP contribution in [0, 0.1) is 0 Å². The van der Waals surface area contributed by atoms with Crippen LogP contribution in [0.25, 0.3) is 0 Å². The lowest BCUT2D eigenvalue weighted by Crippen LogP contribution is -2.57. The van der Waals surface area contributed by atoms with Crippen molar-refractivity contribution in [3.05, 3.63) is 52.5 Å². The van der Waals surface area contributed by atoms with Gasteiger partial charge in [0.2, 0.25) is 11.8 Å². The van der Waals surface area contributed by atoms with Gasteiger partial charge in [0.15, 0.2) is 0 Å². The summed E-state index contributed by atoms with van der Waals surface area (Å²) >= 11 is 6.58. The Morgan fingerprint density at radius 3 is 2.70 bits per heavy atom. The minimum Gasteiger partial charge on any atom is -0.493 e. The third-order valence-electron chi connectivity index (χ3n) is 6.32. The van der Waals surface area contributed by atoms with Crippen LogP contribution in [0.4, 0.5) is 5.69 Å². The van der Waals surface area contributed by atoms with Crippen LogP contribution in [0.3, 0.4) is 0 Å². The largest absolute Gasteiger partial charge is 0.493 e. The molecule has 11 heteroatoms. The number of halogens is 1. The average Bonchev–Trinajstić information content (AvgIpc) is 2.84. The van der Waals surface area contributed by atoms with E-state index in [0.29, 0.717) is 54.0 Å². The molecule has 0 saturated carbocycles. The lowest BCUT2D eigenvalue weighted by Gasteiger charge is -2.34. The molecule has 0 spiro atoms. The molecule has 2 unspecified atom stereocenters. The molecule has 2 aliphatic rings. The molecule has 9 nitrogen and oxygen atoms in total. The van der Waals surface area contributed by atoms with E-state index < -0.39 is 17.0 Å². The van der Waals surface area contributed by atoms with Gasteiger partial charge in [0.05, 0.1) is 24.0 Å². The summed E-state index contributed by atoms with van der Waals surface area (Å²) < 4.78 is 20.7. The highest BCUT2D eigenvalue weighted by Gasteiger charge is 2.36. The second kappa shape index (κ2) is 11.4. The molecule has 2 aliphatic heterocycles. The second-order valence-corrected chi connectivity index (χ2v) is 12.2. The lowest BCUT2D eigenvalue weighted by atomic mass is 9.97. The first-order chi connectivity index (χ1) is 17.5. The number of nitrogens with one attached hydrogen (secondary N) is 3. The van der Waals surface area contributed by atoms with Crippen molar-refractivity contribution in [2.45, 2.75) is 62.7 Å². The Balaban J connectivity index is 1.46. The van der Waals surface area contributed by atoms with Crippen molar-refractivity contribution in [1.82, 2.24) is 20.3 Å². The minimum absolute atomic E-state index is 0.0621. The maximum atomic E-state index is 13.2. The quantitative estimate of drug-likeness (QED) is 0.395. The number of ether oxygens (including phenoxy) is 1. The monoisotopic (exact) mass is 547 g/mol. The van der Waals surface area contributed by atoms with Crippen LogP contribution < -0.4 is 26.4 Å². The number of hydrogen-bond donors (Lipinski definition) is 4. The van der Waals surface area contributed by atoms with Gasteiger partial charge in [-0.1, -0.05) is 11.6 Å². The highest BCUT2D eigenvalue weighted by atomic mass is 35.5. The van der Waals surface area contributed by atoms with Crippen molar-refractivity contribution in [3.63, 3.8) is 0 Å². The van der Waals surface area contributed by atoms with Crippen molar-refractivity contribution in [2.75, 3.05) is 25.4 Å². The fraction of sp³-hybridized carbons (Fsp3) is 0.462. The van der Waals surface area contributed by atoms with Crippen LogP contribution in [-0.4, -0.2) is 51.6 Å². The molecule has 1 fully saturated rings. The number of carbonyl (C=O) groups is 2. The van der Waals surface area contributed by atoms with Gasteiger partial charge in [-0.2, -0.15) is 0 Å². The molecule has 5 N–H and O–H groups in total. The Morgan fingerprint density at radius 2 is 2.00 bits per heavy atom. The number of nitrogens with two attached hydrogens (primary N) is 1. The number of nitrogen functional groups attached to an aromatic ring is 1. The zero-order valence-electron chi connectivity index (χ0n) is 21.3. The molecular formula is C26H34ClN5O4S. The first-order valence-corrected chi connectivity index (χ1v) is 13.8. The fourth-order valence-corrected chi connectivity index (χ4v) is 5.87. The molecule has 3 atom stereocenters. The Morgan fingerprint density at radius 1 is 1.27 bits per heavy atom. The van der Waals surface area contributed by atoms with E-state index in [1.165, 1.54) is 0 Å². The molecule has 1 saturated heterocycles. The maximum absolute atomic E-state index is 13.2. The summed E-state index contributed by atoms with van der Waals surface area (Å²) in [6.07, 6.45) is 0.452. The van der Waals surface area contributed by atoms with Crippen LogP contribution in [0.2, 0.25) is 5.02 Å². The zero-order valence-corrected chi connectivity index (χ0v) is 22.9. The number of fused-ring (bicyclic) bond motifs is 1. The number of nitrogens with zero attached hydrogens (tertiary/aromatic N) is 1. The number of carbonyl (C=O) groups excluding carboxylic acids is 2. The third kappa shape index (κ3) is 6.81. The second-order valence-electron chi connectivity index (χ2n) is 10.3. The number of hydrogen-bond acceptors (Lipinski definition) is 6. The SMILES string of the molecule is CC(C)(C)NCc1cc2c(cc1Cl)[C@H](NC(=O)CC1C(=O)NCCN1S(=O)c1ccc(N)cc1)CCO2. The summed E-state index contributed by atoms with van der Waals surface area (Å²) in [4.78, 5) is 26.4. The Bertz CT molecular complexity index is 1180. The highest BCUT2D eigenvalue weighted by Crippen LogP contribution is 2.36. The van der Waals surface area contributed by atoms with E-state index in [1.807, 2.05) is 12.1 Å². The van der Waals surface area contributed by atoms with Gasteiger partial charge in [-0.05, 0) is 62.7 Å². The van der Waals surface area contributed by atoms with Gasteiger partial charge >= 0.3 is 0 Å². The summed E-state index contributed by atoms with van der Waals surface area (Å²) in [7, 11) is -1.61. The minimum atomic E-state index is -1.61. The fourth-order valence-electron chi connectivity index (χ4n) is 4.33. The van der Waals surface area contributed by atoms with E-state index in [1.54, 1.807) is 28.6 Å². The average molecular weight is 548 g/mol. The molecule has 4 rings (SSSR count). The van der Waals surface area contributed by atoms with Gasteiger partial charge in [0.1, 0.15) is 22.8 Å². The number of piperazine rings is 1. The number of rotatable bonds is 7. The summed E-state index contributed by atoms with van der Waals surface area (Å²) in [5.41, 5.74) is 7.96. The summed E-state index contributed by atoms with van der Waals surface area (Å²) in [6.45, 7) is 8.01. The van der Waals surface area contributed by atoms with E-state index in [4.69, 9.17) is 22.1 Å². The van der Waals surface area contributed by atoms with Crippen molar-refractivity contribution in [2.24, 2.45) is 0 Å². The van der Waals surface area contributed by atoms with Gasteiger partial charge < -0.3 is 26.4 Å².